The van der Waals surface area contributed by atoms with Crippen molar-refractivity contribution in [1.82, 2.24) is 0 Å². The second-order valence-electron chi connectivity index (χ2n) is 5.62. The van der Waals surface area contributed by atoms with Gasteiger partial charge in [-0.25, -0.2) is 4.79 Å². The van der Waals surface area contributed by atoms with Crippen LogP contribution in [0.5, 0.6) is 11.5 Å². The summed E-state index contributed by atoms with van der Waals surface area (Å²) < 4.78 is 17.4. The Morgan fingerprint density at radius 2 is 1.56 bits per heavy atom. The van der Waals surface area contributed by atoms with Crippen molar-refractivity contribution in [2.24, 2.45) is 0 Å². The minimum atomic E-state index is -0.295. The van der Waals surface area contributed by atoms with E-state index in [1.807, 2.05) is 36.4 Å². The van der Waals surface area contributed by atoms with Crippen molar-refractivity contribution < 1.29 is 13.9 Å². The zero-order chi connectivity index (χ0) is 17.1. The summed E-state index contributed by atoms with van der Waals surface area (Å²) >= 11 is 1.09. The lowest BCUT2D eigenvalue weighted by Gasteiger charge is -2.08. The van der Waals surface area contributed by atoms with Gasteiger partial charge >= 0.3 is 4.94 Å². The SMILES string of the molecule is O=c1oc2cc(OCCCOc3ccc4ccccc4c3)ccc2s1. The monoisotopic (exact) mass is 352 g/mol. The fourth-order valence-electron chi connectivity index (χ4n) is 2.64. The number of fused-ring (bicyclic) bond motifs is 2. The first-order valence-electron chi connectivity index (χ1n) is 8.06. The van der Waals surface area contributed by atoms with Crippen LogP contribution >= 0.6 is 11.3 Å². The summed E-state index contributed by atoms with van der Waals surface area (Å²) in [4.78, 5) is 10.9. The zero-order valence-corrected chi connectivity index (χ0v) is 14.3. The van der Waals surface area contributed by atoms with E-state index < -0.39 is 0 Å². The van der Waals surface area contributed by atoms with E-state index in [0.29, 0.717) is 24.5 Å². The number of rotatable bonds is 6. The van der Waals surface area contributed by atoms with Gasteiger partial charge in [-0.15, -0.1) is 0 Å². The van der Waals surface area contributed by atoms with Crippen molar-refractivity contribution >= 4 is 32.4 Å². The van der Waals surface area contributed by atoms with Gasteiger partial charge in [0.1, 0.15) is 11.5 Å². The molecule has 5 heteroatoms. The number of hydrogen-bond acceptors (Lipinski definition) is 5. The lowest BCUT2D eigenvalue weighted by molar-refractivity contribution is 0.247. The fourth-order valence-corrected chi connectivity index (χ4v) is 3.29. The molecule has 0 bridgehead atoms. The summed E-state index contributed by atoms with van der Waals surface area (Å²) in [5.41, 5.74) is 0.569. The van der Waals surface area contributed by atoms with E-state index in [4.69, 9.17) is 13.9 Å². The molecule has 0 aliphatic rings. The molecular weight excluding hydrogens is 336 g/mol. The van der Waals surface area contributed by atoms with E-state index >= 15 is 0 Å². The topological polar surface area (TPSA) is 48.7 Å². The van der Waals surface area contributed by atoms with E-state index in [2.05, 4.69) is 18.2 Å². The highest BCUT2D eigenvalue weighted by Crippen LogP contribution is 2.23. The van der Waals surface area contributed by atoms with Crippen LogP contribution in [0, 0.1) is 0 Å². The third kappa shape index (κ3) is 3.67. The highest BCUT2D eigenvalue weighted by atomic mass is 32.1. The fraction of sp³-hybridized carbons (Fsp3) is 0.150. The number of ether oxygens (including phenoxy) is 2. The average Bonchev–Trinajstić information content (AvgIpc) is 3.00. The third-order valence-corrected chi connectivity index (χ3v) is 4.66. The molecule has 0 N–H and O–H groups in total. The van der Waals surface area contributed by atoms with Crippen LogP contribution < -0.4 is 14.4 Å². The summed E-state index contributed by atoms with van der Waals surface area (Å²) in [5, 5.41) is 2.37. The van der Waals surface area contributed by atoms with Gasteiger partial charge < -0.3 is 13.9 Å². The van der Waals surface area contributed by atoms with Gasteiger partial charge in [0.2, 0.25) is 0 Å². The molecule has 25 heavy (non-hydrogen) atoms. The van der Waals surface area contributed by atoms with Crippen molar-refractivity contribution in [3.05, 3.63) is 70.4 Å². The molecule has 0 saturated carbocycles. The van der Waals surface area contributed by atoms with Crippen molar-refractivity contribution in [3.8, 4) is 11.5 Å². The first-order valence-corrected chi connectivity index (χ1v) is 8.88. The standard InChI is InChI=1S/C20H16O4S/c21-20-24-18-13-17(8-9-19(18)25-20)23-11-3-10-22-16-7-6-14-4-1-2-5-15(14)12-16/h1-2,4-9,12-13H,3,10-11H2. The van der Waals surface area contributed by atoms with Gasteiger partial charge in [-0.1, -0.05) is 41.7 Å². The van der Waals surface area contributed by atoms with Crippen molar-refractivity contribution in [2.75, 3.05) is 13.2 Å². The molecule has 4 rings (SSSR count). The van der Waals surface area contributed by atoms with Crippen LogP contribution in [-0.2, 0) is 0 Å². The maximum atomic E-state index is 11.2. The van der Waals surface area contributed by atoms with Crippen LogP contribution in [0.2, 0.25) is 0 Å². The summed E-state index contributed by atoms with van der Waals surface area (Å²) in [6, 6.07) is 19.7. The Balaban J connectivity index is 1.28. The maximum Gasteiger partial charge on any atom is 0.396 e. The molecule has 3 aromatic carbocycles. The van der Waals surface area contributed by atoms with Gasteiger partial charge in [0.05, 0.1) is 17.9 Å². The van der Waals surface area contributed by atoms with Crippen molar-refractivity contribution in [2.45, 2.75) is 6.42 Å². The Kier molecular flexibility index (Phi) is 4.39. The molecule has 0 fully saturated rings. The predicted molar refractivity (Wildman–Crippen MR) is 99.9 cm³/mol. The molecule has 1 heterocycles. The molecule has 126 valence electrons. The van der Waals surface area contributed by atoms with Crippen LogP contribution in [0.3, 0.4) is 0 Å². The predicted octanol–water partition coefficient (Wildman–Crippen LogP) is 4.86. The Hall–Kier alpha value is -2.79. The van der Waals surface area contributed by atoms with E-state index in [-0.39, 0.29) is 4.94 Å². The van der Waals surface area contributed by atoms with E-state index in [1.54, 1.807) is 6.07 Å². The second-order valence-corrected chi connectivity index (χ2v) is 6.60. The first kappa shape index (κ1) is 15.7. The molecule has 0 unspecified atom stereocenters. The van der Waals surface area contributed by atoms with Crippen LogP contribution in [-0.4, -0.2) is 13.2 Å². The molecule has 0 radical (unpaired) electrons. The molecule has 4 nitrogen and oxygen atoms in total. The smallest absolute Gasteiger partial charge is 0.396 e. The molecule has 1 aromatic heterocycles. The Morgan fingerprint density at radius 1 is 0.840 bits per heavy atom. The van der Waals surface area contributed by atoms with Gasteiger partial charge in [-0.3, -0.25) is 0 Å². The van der Waals surface area contributed by atoms with Crippen LogP contribution in [0.25, 0.3) is 21.1 Å². The molecule has 0 saturated heterocycles. The minimum absolute atomic E-state index is 0.295. The van der Waals surface area contributed by atoms with Gasteiger partial charge in [0.15, 0.2) is 5.58 Å². The lowest BCUT2D eigenvalue weighted by Crippen LogP contribution is -2.04. The molecule has 0 aliphatic carbocycles. The van der Waals surface area contributed by atoms with Crippen LogP contribution in [0.4, 0.5) is 0 Å². The molecule has 4 aromatic rings. The van der Waals surface area contributed by atoms with Gasteiger partial charge in [-0.05, 0) is 35.0 Å². The molecular formula is C20H16O4S. The van der Waals surface area contributed by atoms with E-state index in [0.717, 1.165) is 28.2 Å². The quantitative estimate of drug-likeness (QED) is 0.465. The van der Waals surface area contributed by atoms with Crippen molar-refractivity contribution in [1.29, 1.82) is 0 Å². The second kappa shape index (κ2) is 6.99. The summed E-state index contributed by atoms with van der Waals surface area (Å²) in [6.07, 6.45) is 0.762. The average molecular weight is 352 g/mol. The first-order chi connectivity index (χ1) is 12.3. The number of benzene rings is 3. The summed E-state index contributed by atoms with van der Waals surface area (Å²) in [6.45, 7) is 1.11. The third-order valence-electron chi connectivity index (χ3n) is 3.85. The molecule has 0 aliphatic heterocycles. The van der Waals surface area contributed by atoms with Gasteiger partial charge in [0.25, 0.3) is 0 Å². The molecule has 0 spiro atoms. The van der Waals surface area contributed by atoms with Crippen LogP contribution in [0.1, 0.15) is 6.42 Å². The lowest BCUT2D eigenvalue weighted by atomic mass is 10.1. The van der Waals surface area contributed by atoms with Gasteiger partial charge in [0, 0.05) is 12.5 Å². The zero-order valence-electron chi connectivity index (χ0n) is 13.4. The Labute approximate surface area is 148 Å². The molecule has 0 amide bonds. The minimum Gasteiger partial charge on any atom is -0.493 e. The van der Waals surface area contributed by atoms with E-state index in [9.17, 15) is 4.79 Å². The maximum absolute atomic E-state index is 11.2. The summed E-state index contributed by atoms with van der Waals surface area (Å²) in [5.74, 6) is 1.56. The Morgan fingerprint density at radius 3 is 2.40 bits per heavy atom. The largest absolute Gasteiger partial charge is 0.493 e. The molecule has 0 atom stereocenters. The summed E-state index contributed by atoms with van der Waals surface area (Å²) in [7, 11) is 0. The van der Waals surface area contributed by atoms with Gasteiger partial charge in [-0.2, -0.15) is 0 Å². The van der Waals surface area contributed by atoms with Crippen molar-refractivity contribution in [3.63, 3.8) is 0 Å². The van der Waals surface area contributed by atoms with Crippen LogP contribution in [0.15, 0.2) is 69.9 Å². The number of hydrogen-bond donors (Lipinski definition) is 0. The highest BCUT2D eigenvalue weighted by molar-refractivity contribution is 7.16. The van der Waals surface area contributed by atoms with E-state index in [1.165, 1.54) is 10.8 Å². The highest BCUT2D eigenvalue weighted by Gasteiger charge is 2.04. The normalized spacial score (nSPS) is 11.0. The Bertz CT molecular complexity index is 1060.